The number of rotatable bonds is 2. The molecule has 0 aliphatic heterocycles. The average Bonchev–Trinajstić information content (AvgIpc) is 2.01. The highest BCUT2D eigenvalue weighted by Crippen LogP contribution is 2.23. The van der Waals surface area contributed by atoms with Crippen LogP contribution in [0.25, 0.3) is 0 Å². The van der Waals surface area contributed by atoms with Crippen LogP contribution in [-0.2, 0) is 0 Å². The van der Waals surface area contributed by atoms with Crippen molar-refractivity contribution in [3.05, 3.63) is 28.8 Å². The van der Waals surface area contributed by atoms with Gasteiger partial charge in [0.15, 0.2) is 0 Å². The molecular weight excluding hydrogens is 187 g/mol. The molecule has 1 heteroatoms. The van der Waals surface area contributed by atoms with Gasteiger partial charge in [-0.15, -0.1) is 9.24 Å². The number of aryl methyl sites for hydroxylation is 1. The molecule has 1 atom stereocenters. The summed E-state index contributed by atoms with van der Waals surface area (Å²) in [6.45, 7) is 11.2. The van der Waals surface area contributed by atoms with Gasteiger partial charge in [-0.05, 0) is 40.8 Å². The van der Waals surface area contributed by atoms with Crippen LogP contribution >= 0.6 is 9.24 Å². The molecule has 0 spiro atoms. The van der Waals surface area contributed by atoms with Crippen molar-refractivity contribution in [3.63, 3.8) is 0 Å². The molecular formula is C13H21P. The fourth-order valence-electron chi connectivity index (χ4n) is 1.98. The van der Waals surface area contributed by atoms with Gasteiger partial charge < -0.3 is 0 Å². The second-order valence-electron chi connectivity index (χ2n) is 4.65. The maximum Gasteiger partial charge on any atom is -0.0210 e. The molecule has 1 rings (SSSR count). The second kappa shape index (κ2) is 4.45. The fourth-order valence-corrected chi connectivity index (χ4v) is 2.73. The van der Waals surface area contributed by atoms with Gasteiger partial charge in [0.2, 0.25) is 0 Å². The summed E-state index contributed by atoms with van der Waals surface area (Å²) in [5, 5.41) is 1.36. The zero-order chi connectivity index (χ0) is 10.9. The largest absolute Gasteiger partial charge is 0.105 e. The smallest absolute Gasteiger partial charge is 0.0210 e. The minimum Gasteiger partial charge on any atom is -0.105 e. The zero-order valence-corrected chi connectivity index (χ0v) is 11.0. The quantitative estimate of drug-likeness (QED) is 0.649. The Labute approximate surface area is 90.3 Å². The van der Waals surface area contributed by atoms with E-state index in [4.69, 9.17) is 0 Å². The van der Waals surface area contributed by atoms with Crippen LogP contribution in [0.15, 0.2) is 12.1 Å². The van der Waals surface area contributed by atoms with E-state index in [9.17, 15) is 0 Å². The Morgan fingerprint density at radius 3 is 1.93 bits per heavy atom. The monoisotopic (exact) mass is 208 g/mol. The van der Waals surface area contributed by atoms with Gasteiger partial charge >= 0.3 is 0 Å². The summed E-state index contributed by atoms with van der Waals surface area (Å²) in [4.78, 5) is 0. The van der Waals surface area contributed by atoms with Crippen LogP contribution in [0, 0.1) is 6.92 Å². The van der Waals surface area contributed by atoms with Gasteiger partial charge in [0, 0.05) is 0 Å². The Bertz CT molecular complexity index is 301. The first kappa shape index (κ1) is 11.7. The van der Waals surface area contributed by atoms with Gasteiger partial charge in [-0.25, -0.2) is 0 Å². The molecule has 1 unspecified atom stereocenters. The molecule has 0 saturated heterocycles. The fraction of sp³-hybridized carbons (Fsp3) is 0.538. The van der Waals surface area contributed by atoms with Crippen molar-refractivity contribution < 1.29 is 0 Å². The first-order valence-electron chi connectivity index (χ1n) is 5.33. The summed E-state index contributed by atoms with van der Waals surface area (Å²) in [5.41, 5.74) is 4.35. The van der Waals surface area contributed by atoms with Crippen molar-refractivity contribution in [1.82, 2.24) is 0 Å². The van der Waals surface area contributed by atoms with Gasteiger partial charge in [-0.1, -0.05) is 39.8 Å². The molecule has 0 saturated carbocycles. The zero-order valence-electron chi connectivity index (χ0n) is 9.89. The van der Waals surface area contributed by atoms with Gasteiger partial charge in [0.25, 0.3) is 0 Å². The van der Waals surface area contributed by atoms with Crippen LogP contribution in [-0.4, -0.2) is 0 Å². The Morgan fingerprint density at radius 1 is 1.00 bits per heavy atom. The van der Waals surface area contributed by atoms with E-state index in [1.165, 1.54) is 22.0 Å². The highest BCUT2D eigenvalue weighted by Gasteiger charge is 2.09. The molecule has 0 N–H and O–H groups in total. The number of hydrogen-bond acceptors (Lipinski definition) is 0. The van der Waals surface area contributed by atoms with E-state index >= 15 is 0 Å². The van der Waals surface area contributed by atoms with Gasteiger partial charge in [-0.2, -0.15) is 0 Å². The highest BCUT2D eigenvalue weighted by molar-refractivity contribution is 7.27. The van der Waals surface area contributed by atoms with Gasteiger partial charge in [-0.3, -0.25) is 0 Å². The summed E-state index contributed by atoms with van der Waals surface area (Å²) in [6, 6.07) is 4.63. The molecule has 78 valence electrons. The van der Waals surface area contributed by atoms with E-state index in [2.05, 4.69) is 56.0 Å². The molecule has 0 aliphatic carbocycles. The first-order valence-corrected chi connectivity index (χ1v) is 5.91. The van der Waals surface area contributed by atoms with Crippen LogP contribution in [0.2, 0.25) is 0 Å². The Balaban J connectivity index is 3.25. The molecule has 0 aromatic heterocycles. The highest BCUT2D eigenvalue weighted by atomic mass is 31.0. The minimum absolute atomic E-state index is 0.615. The second-order valence-corrected chi connectivity index (χ2v) is 5.27. The van der Waals surface area contributed by atoms with E-state index in [0.29, 0.717) is 11.8 Å². The van der Waals surface area contributed by atoms with Crippen LogP contribution in [0.5, 0.6) is 0 Å². The van der Waals surface area contributed by atoms with Crippen molar-refractivity contribution in [2.45, 2.75) is 46.5 Å². The Hall–Kier alpha value is -0.350. The summed E-state index contributed by atoms with van der Waals surface area (Å²) >= 11 is 0. The summed E-state index contributed by atoms with van der Waals surface area (Å²) in [6.07, 6.45) is 0. The third-order valence-electron chi connectivity index (χ3n) is 2.69. The van der Waals surface area contributed by atoms with Gasteiger partial charge in [0.1, 0.15) is 0 Å². The SMILES string of the molecule is Cc1cc(C(C)C)cc(P)c1C(C)C. The lowest BCUT2D eigenvalue weighted by molar-refractivity contribution is 0.842. The lowest BCUT2D eigenvalue weighted by Gasteiger charge is -2.16. The van der Waals surface area contributed by atoms with E-state index < -0.39 is 0 Å². The molecule has 0 amide bonds. The van der Waals surface area contributed by atoms with Crippen molar-refractivity contribution in [2.75, 3.05) is 0 Å². The van der Waals surface area contributed by atoms with Crippen molar-refractivity contribution in [3.8, 4) is 0 Å². The molecule has 0 bridgehead atoms. The van der Waals surface area contributed by atoms with Crippen molar-refractivity contribution in [1.29, 1.82) is 0 Å². The van der Waals surface area contributed by atoms with E-state index in [0.717, 1.165) is 0 Å². The number of benzene rings is 1. The van der Waals surface area contributed by atoms with Crippen molar-refractivity contribution in [2.24, 2.45) is 0 Å². The Morgan fingerprint density at radius 2 is 1.57 bits per heavy atom. The molecule has 1 aromatic rings. The average molecular weight is 208 g/mol. The molecule has 0 heterocycles. The molecule has 0 radical (unpaired) electrons. The molecule has 0 nitrogen and oxygen atoms in total. The van der Waals surface area contributed by atoms with Crippen LogP contribution in [0.4, 0.5) is 0 Å². The summed E-state index contributed by atoms with van der Waals surface area (Å²) < 4.78 is 0. The molecule has 0 aliphatic rings. The number of hydrogen-bond donors (Lipinski definition) is 0. The summed E-state index contributed by atoms with van der Waals surface area (Å²) in [7, 11) is 2.87. The molecule has 1 aromatic carbocycles. The molecule has 14 heavy (non-hydrogen) atoms. The predicted octanol–water partition coefficient (Wildman–Crippen LogP) is 3.74. The maximum absolute atomic E-state index is 2.87. The normalized spacial score (nSPS) is 11.4. The minimum atomic E-state index is 0.615. The van der Waals surface area contributed by atoms with Crippen LogP contribution in [0.1, 0.15) is 56.2 Å². The predicted molar refractivity (Wildman–Crippen MR) is 68.7 cm³/mol. The molecule has 0 fully saturated rings. The van der Waals surface area contributed by atoms with Crippen LogP contribution in [0.3, 0.4) is 0 Å². The lowest BCUT2D eigenvalue weighted by Crippen LogP contribution is -2.08. The standard InChI is InChI=1S/C13H21P/c1-8(2)11-6-10(5)13(9(3)4)12(14)7-11/h6-9H,14H2,1-5H3. The van der Waals surface area contributed by atoms with Crippen LogP contribution < -0.4 is 5.30 Å². The third kappa shape index (κ3) is 2.36. The Kier molecular flexibility index (Phi) is 3.72. The first-order chi connectivity index (χ1) is 6.43. The topological polar surface area (TPSA) is 0 Å². The van der Waals surface area contributed by atoms with E-state index in [1.54, 1.807) is 0 Å². The van der Waals surface area contributed by atoms with Crippen molar-refractivity contribution >= 4 is 14.5 Å². The van der Waals surface area contributed by atoms with E-state index in [-0.39, 0.29) is 0 Å². The lowest BCUT2D eigenvalue weighted by atomic mass is 9.93. The third-order valence-corrected chi connectivity index (χ3v) is 3.16. The van der Waals surface area contributed by atoms with E-state index in [1.807, 2.05) is 0 Å². The maximum atomic E-state index is 2.87. The summed E-state index contributed by atoms with van der Waals surface area (Å²) in [5.74, 6) is 1.23. The van der Waals surface area contributed by atoms with Gasteiger partial charge in [0.05, 0.1) is 0 Å².